The number of rotatable bonds is 6. The monoisotopic (exact) mass is 354 g/mol. The highest BCUT2D eigenvalue weighted by atomic mass is 79.9. The Hall–Kier alpha value is -0.910. The lowest BCUT2D eigenvalue weighted by Gasteiger charge is -2.17. The minimum absolute atomic E-state index is 0.313. The van der Waals surface area contributed by atoms with Gasteiger partial charge in [-0.2, -0.15) is 0 Å². The van der Waals surface area contributed by atoms with Crippen LogP contribution in [0, 0.1) is 6.92 Å². The van der Waals surface area contributed by atoms with E-state index in [1.807, 2.05) is 11.6 Å². The fraction of sp³-hybridized carbons (Fsp3) is 0.400. The summed E-state index contributed by atoms with van der Waals surface area (Å²) < 4.78 is 6.27. The van der Waals surface area contributed by atoms with Gasteiger partial charge in [0.2, 0.25) is 0 Å². The zero-order valence-electron chi connectivity index (χ0n) is 11.9. The molecule has 1 N–H and O–H groups in total. The lowest BCUT2D eigenvalue weighted by atomic mass is 10.0. The molecule has 2 rings (SSSR count). The molecule has 1 aromatic heterocycles. The molecule has 20 heavy (non-hydrogen) atoms. The molecule has 108 valence electrons. The normalized spacial score (nSPS) is 12.4. The van der Waals surface area contributed by atoms with E-state index >= 15 is 0 Å². The van der Waals surface area contributed by atoms with Crippen LogP contribution in [0.3, 0.4) is 0 Å². The number of likely N-dealkylation sites (N-methyl/N-ethyl adjacent to an activating group) is 1. The van der Waals surface area contributed by atoms with Crippen molar-refractivity contribution < 1.29 is 4.74 Å². The molecule has 0 spiro atoms. The zero-order valence-corrected chi connectivity index (χ0v) is 14.3. The average molecular weight is 355 g/mol. The van der Waals surface area contributed by atoms with Crippen LogP contribution in [-0.4, -0.2) is 18.6 Å². The lowest BCUT2D eigenvalue weighted by Crippen LogP contribution is -2.22. The van der Waals surface area contributed by atoms with Crippen molar-refractivity contribution in [2.75, 3.05) is 13.7 Å². The van der Waals surface area contributed by atoms with Gasteiger partial charge in [-0.1, -0.05) is 13.0 Å². The van der Waals surface area contributed by atoms with E-state index in [-0.39, 0.29) is 0 Å². The van der Waals surface area contributed by atoms with Crippen molar-refractivity contribution in [3.8, 4) is 5.75 Å². The van der Waals surface area contributed by atoms with Crippen molar-refractivity contribution in [1.82, 2.24) is 10.3 Å². The molecule has 0 saturated heterocycles. The Morgan fingerprint density at radius 3 is 2.80 bits per heavy atom. The maximum Gasteiger partial charge on any atom is 0.133 e. The number of nitrogens with zero attached hydrogens (tertiary/aromatic N) is 1. The van der Waals surface area contributed by atoms with Crippen LogP contribution in [0.2, 0.25) is 0 Å². The average Bonchev–Trinajstić information content (AvgIpc) is 2.85. The number of ether oxygens (including phenoxy) is 1. The van der Waals surface area contributed by atoms with Gasteiger partial charge >= 0.3 is 0 Å². The molecule has 0 aliphatic heterocycles. The zero-order chi connectivity index (χ0) is 14.5. The van der Waals surface area contributed by atoms with Gasteiger partial charge in [0.25, 0.3) is 0 Å². The number of aromatic nitrogens is 1. The molecule has 1 atom stereocenters. The first kappa shape index (κ1) is 15.5. The molecule has 0 amide bonds. The molecule has 0 radical (unpaired) electrons. The van der Waals surface area contributed by atoms with Gasteiger partial charge in [-0.15, -0.1) is 11.3 Å². The quantitative estimate of drug-likeness (QED) is 0.847. The summed E-state index contributed by atoms with van der Waals surface area (Å²) in [7, 11) is 1.68. The number of aryl methyl sites for hydroxylation is 1. The molecule has 1 aromatic carbocycles. The fourth-order valence-electron chi connectivity index (χ4n) is 2.22. The maximum absolute atomic E-state index is 5.27. The van der Waals surface area contributed by atoms with E-state index in [1.54, 1.807) is 18.4 Å². The Morgan fingerprint density at radius 2 is 2.25 bits per heavy atom. The molecule has 0 fully saturated rings. The first-order valence-corrected chi connectivity index (χ1v) is 8.28. The highest BCUT2D eigenvalue weighted by Gasteiger charge is 2.16. The van der Waals surface area contributed by atoms with Gasteiger partial charge in [-0.05, 0) is 53.5 Å². The Morgan fingerprint density at radius 1 is 1.45 bits per heavy atom. The van der Waals surface area contributed by atoms with Gasteiger partial charge in [0.05, 0.1) is 22.8 Å². The number of halogens is 1. The molecule has 1 unspecified atom stereocenters. The number of nitrogens with one attached hydrogen (secondary N) is 1. The second kappa shape index (κ2) is 7.20. The van der Waals surface area contributed by atoms with Crippen molar-refractivity contribution in [2.24, 2.45) is 0 Å². The van der Waals surface area contributed by atoms with Gasteiger partial charge < -0.3 is 10.1 Å². The van der Waals surface area contributed by atoms with Crippen molar-refractivity contribution in [3.63, 3.8) is 0 Å². The van der Waals surface area contributed by atoms with Crippen LogP contribution in [0.4, 0.5) is 0 Å². The fourth-order valence-corrected chi connectivity index (χ4v) is 3.69. The Labute approximate surface area is 132 Å². The van der Waals surface area contributed by atoms with Gasteiger partial charge in [-0.3, -0.25) is 0 Å². The molecule has 0 saturated carbocycles. The largest absolute Gasteiger partial charge is 0.496 e. The molecular weight excluding hydrogens is 336 g/mol. The van der Waals surface area contributed by atoms with E-state index in [4.69, 9.17) is 4.74 Å². The number of methoxy groups -OCH3 is 1. The van der Waals surface area contributed by atoms with Crippen LogP contribution in [0.5, 0.6) is 5.75 Å². The van der Waals surface area contributed by atoms with E-state index in [1.165, 1.54) is 10.4 Å². The van der Waals surface area contributed by atoms with E-state index in [0.717, 1.165) is 28.9 Å². The number of benzene rings is 1. The highest BCUT2D eigenvalue weighted by molar-refractivity contribution is 9.10. The summed E-state index contributed by atoms with van der Waals surface area (Å²) >= 11 is 5.26. The first-order valence-electron chi connectivity index (χ1n) is 6.61. The van der Waals surface area contributed by atoms with Crippen LogP contribution in [0.1, 0.15) is 29.1 Å². The highest BCUT2D eigenvalue weighted by Crippen LogP contribution is 2.29. The second-order valence-electron chi connectivity index (χ2n) is 4.59. The van der Waals surface area contributed by atoms with Crippen molar-refractivity contribution in [1.29, 1.82) is 0 Å². The molecule has 1 heterocycles. The lowest BCUT2D eigenvalue weighted by molar-refractivity contribution is 0.412. The number of hydrogen-bond acceptors (Lipinski definition) is 4. The maximum atomic E-state index is 5.27. The molecule has 3 nitrogen and oxygen atoms in total. The number of hydrogen-bond donors (Lipinski definition) is 1. The third-order valence-corrected chi connectivity index (χ3v) is 4.87. The van der Waals surface area contributed by atoms with E-state index in [2.05, 4.69) is 52.2 Å². The molecule has 0 bridgehead atoms. The predicted molar refractivity (Wildman–Crippen MR) is 87.7 cm³/mol. The summed E-state index contributed by atoms with van der Waals surface area (Å²) in [5.41, 5.74) is 4.31. The van der Waals surface area contributed by atoms with Crippen LogP contribution in [0.15, 0.2) is 28.2 Å². The van der Waals surface area contributed by atoms with Crippen LogP contribution >= 0.6 is 27.3 Å². The summed E-state index contributed by atoms with van der Waals surface area (Å²) in [6.45, 7) is 5.15. The third-order valence-electron chi connectivity index (χ3n) is 3.21. The summed E-state index contributed by atoms with van der Waals surface area (Å²) in [4.78, 5) is 5.67. The SMILES string of the molecule is CCNC(Cc1ccc(OC)c(Br)c1)c1scnc1C. The van der Waals surface area contributed by atoms with Gasteiger partial charge in [0, 0.05) is 10.9 Å². The van der Waals surface area contributed by atoms with E-state index in [0.29, 0.717) is 6.04 Å². The number of thiazole rings is 1. The third kappa shape index (κ3) is 3.59. The first-order chi connectivity index (χ1) is 9.65. The summed E-state index contributed by atoms with van der Waals surface area (Å²) in [5, 5.41) is 3.55. The predicted octanol–water partition coefficient (Wildman–Crippen LogP) is 4.12. The Bertz CT molecular complexity index is 571. The van der Waals surface area contributed by atoms with Gasteiger partial charge in [0.15, 0.2) is 0 Å². The molecule has 5 heteroatoms. The smallest absolute Gasteiger partial charge is 0.133 e. The van der Waals surface area contributed by atoms with Crippen LogP contribution in [0.25, 0.3) is 0 Å². The van der Waals surface area contributed by atoms with E-state index in [9.17, 15) is 0 Å². The summed E-state index contributed by atoms with van der Waals surface area (Å²) in [6, 6.07) is 6.55. The van der Waals surface area contributed by atoms with Crippen molar-refractivity contribution in [2.45, 2.75) is 26.3 Å². The minimum Gasteiger partial charge on any atom is -0.496 e. The molecule has 0 aliphatic rings. The molecule has 0 aliphatic carbocycles. The van der Waals surface area contributed by atoms with E-state index < -0.39 is 0 Å². The summed E-state index contributed by atoms with van der Waals surface area (Å²) in [6.07, 6.45) is 0.944. The molecular formula is C15H19BrN2OS. The van der Waals surface area contributed by atoms with Crippen molar-refractivity contribution >= 4 is 27.3 Å². The second-order valence-corrected chi connectivity index (χ2v) is 6.33. The molecule has 2 aromatic rings. The van der Waals surface area contributed by atoms with Crippen molar-refractivity contribution in [3.05, 3.63) is 44.3 Å². The minimum atomic E-state index is 0.313. The summed E-state index contributed by atoms with van der Waals surface area (Å²) in [5.74, 6) is 0.864. The van der Waals surface area contributed by atoms with Gasteiger partial charge in [0.1, 0.15) is 5.75 Å². The Kier molecular flexibility index (Phi) is 5.57. The Balaban J connectivity index is 2.20. The van der Waals surface area contributed by atoms with Crippen LogP contribution < -0.4 is 10.1 Å². The topological polar surface area (TPSA) is 34.1 Å². The van der Waals surface area contributed by atoms with Gasteiger partial charge in [-0.25, -0.2) is 4.98 Å². The van der Waals surface area contributed by atoms with Crippen LogP contribution in [-0.2, 0) is 6.42 Å². The standard InChI is InChI=1S/C15H19BrN2OS/c1-4-17-13(15-10(2)18-9-20-15)8-11-5-6-14(19-3)12(16)7-11/h5-7,9,13,17H,4,8H2,1-3H3.